The molecule has 0 radical (unpaired) electrons. The normalized spacial score (nSPS) is 16.8. The second-order valence-corrected chi connectivity index (χ2v) is 5.77. The van der Waals surface area contributed by atoms with Crippen molar-refractivity contribution in [1.82, 2.24) is 0 Å². The van der Waals surface area contributed by atoms with E-state index in [-0.39, 0.29) is 12.2 Å². The minimum atomic E-state index is -0.563. The smallest absolute Gasteiger partial charge is 0.344 e. The molecule has 0 N–H and O–H groups in total. The standard InChI is InChI=1S/C15H24O4/c1-11(2)14(17)18-10-13(16)19-15(3,4)12-8-6-5-7-9-12/h12H,1,5-10H2,2-4H3. The second kappa shape index (κ2) is 6.73. The molecule has 0 bridgehead atoms. The van der Waals surface area contributed by atoms with E-state index < -0.39 is 17.5 Å². The van der Waals surface area contributed by atoms with Crippen LogP contribution in [0.4, 0.5) is 0 Å². The van der Waals surface area contributed by atoms with Gasteiger partial charge in [-0.25, -0.2) is 9.59 Å². The Hall–Kier alpha value is -1.32. The molecular weight excluding hydrogens is 244 g/mol. The summed E-state index contributed by atoms with van der Waals surface area (Å²) in [6.45, 7) is 8.51. The van der Waals surface area contributed by atoms with Crippen LogP contribution in [-0.2, 0) is 19.1 Å². The fraction of sp³-hybridized carbons (Fsp3) is 0.733. The van der Waals surface area contributed by atoms with Crippen molar-refractivity contribution in [3.05, 3.63) is 12.2 Å². The first-order chi connectivity index (χ1) is 8.83. The zero-order valence-corrected chi connectivity index (χ0v) is 12.2. The number of hydrogen-bond donors (Lipinski definition) is 0. The average Bonchev–Trinajstić information content (AvgIpc) is 2.36. The third-order valence-corrected chi connectivity index (χ3v) is 3.63. The maximum Gasteiger partial charge on any atom is 0.344 e. The van der Waals surface area contributed by atoms with Crippen molar-refractivity contribution in [1.29, 1.82) is 0 Å². The van der Waals surface area contributed by atoms with Gasteiger partial charge in [-0.2, -0.15) is 0 Å². The number of rotatable bonds is 5. The molecule has 0 aromatic rings. The summed E-state index contributed by atoms with van der Waals surface area (Å²) in [5.41, 5.74) is -0.216. The number of esters is 2. The van der Waals surface area contributed by atoms with Crippen LogP contribution in [0.5, 0.6) is 0 Å². The van der Waals surface area contributed by atoms with Gasteiger partial charge in [0.25, 0.3) is 0 Å². The van der Waals surface area contributed by atoms with E-state index in [4.69, 9.17) is 9.47 Å². The first-order valence-electron chi connectivity index (χ1n) is 6.87. The molecule has 1 fully saturated rings. The fourth-order valence-electron chi connectivity index (χ4n) is 2.45. The van der Waals surface area contributed by atoms with Gasteiger partial charge in [0.2, 0.25) is 0 Å². The maximum atomic E-state index is 11.7. The minimum Gasteiger partial charge on any atom is -0.457 e. The molecule has 108 valence electrons. The van der Waals surface area contributed by atoms with Gasteiger partial charge in [0.15, 0.2) is 6.61 Å². The van der Waals surface area contributed by atoms with Gasteiger partial charge in [-0.15, -0.1) is 0 Å². The first kappa shape index (κ1) is 15.7. The molecule has 0 aromatic carbocycles. The monoisotopic (exact) mass is 268 g/mol. The molecule has 0 saturated heterocycles. The van der Waals surface area contributed by atoms with Crippen molar-refractivity contribution >= 4 is 11.9 Å². The summed E-state index contributed by atoms with van der Waals surface area (Å²) < 4.78 is 10.2. The molecule has 0 amide bonds. The topological polar surface area (TPSA) is 52.6 Å². The maximum absolute atomic E-state index is 11.7. The van der Waals surface area contributed by atoms with Crippen LogP contribution in [0.1, 0.15) is 52.9 Å². The summed E-state index contributed by atoms with van der Waals surface area (Å²) in [4.78, 5) is 22.9. The number of carbonyl (C=O) groups is 2. The Bertz CT molecular complexity index is 351. The van der Waals surface area contributed by atoms with Crippen molar-refractivity contribution in [3.8, 4) is 0 Å². The fourth-order valence-corrected chi connectivity index (χ4v) is 2.45. The molecule has 1 aliphatic rings. The molecule has 4 heteroatoms. The van der Waals surface area contributed by atoms with E-state index in [0.717, 1.165) is 12.8 Å². The zero-order chi connectivity index (χ0) is 14.5. The van der Waals surface area contributed by atoms with Gasteiger partial charge in [0.05, 0.1) is 0 Å². The van der Waals surface area contributed by atoms with E-state index in [2.05, 4.69) is 6.58 Å². The van der Waals surface area contributed by atoms with Crippen LogP contribution in [0, 0.1) is 5.92 Å². The van der Waals surface area contributed by atoms with Crippen molar-refractivity contribution < 1.29 is 19.1 Å². The SMILES string of the molecule is C=C(C)C(=O)OCC(=O)OC(C)(C)C1CCCCC1. The van der Waals surface area contributed by atoms with E-state index in [1.54, 1.807) is 6.92 Å². The molecule has 1 saturated carbocycles. The van der Waals surface area contributed by atoms with Gasteiger partial charge in [0, 0.05) is 5.57 Å². The van der Waals surface area contributed by atoms with E-state index in [9.17, 15) is 9.59 Å². The Morgan fingerprint density at radius 2 is 1.79 bits per heavy atom. The molecule has 0 spiro atoms. The Labute approximate surface area is 115 Å². The number of ether oxygens (including phenoxy) is 2. The van der Waals surface area contributed by atoms with Crippen LogP contribution in [0.2, 0.25) is 0 Å². The Balaban J connectivity index is 2.41. The van der Waals surface area contributed by atoms with Gasteiger partial charge in [0.1, 0.15) is 5.60 Å². The predicted molar refractivity (Wildman–Crippen MR) is 72.5 cm³/mol. The lowest BCUT2D eigenvalue weighted by molar-refractivity contribution is -0.171. The lowest BCUT2D eigenvalue weighted by atomic mass is 9.79. The molecular formula is C15H24O4. The molecule has 0 unspecified atom stereocenters. The third-order valence-electron chi connectivity index (χ3n) is 3.63. The quantitative estimate of drug-likeness (QED) is 0.568. The average molecular weight is 268 g/mol. The molecule has 1 rings (SSSR count). The summed E-state index contributed by atoms with van der Waals surface area (Å²) in [6.07, 6.45) is 5.82. The highest BCUT2D eigenvalue weighted by Gasteiger charge is 2.34. The van der Waals surface area contributed by atoms with Crippen molar-refractivity contribution in [2.24, 2.45) is 5.92 Å². The molecule has 4 nitrogen and oxygen atoms in total. The molecule has 0 aliphatic heterocycles. The Morgan fingerprint density at radius 1 is 1.21 bits per heavy atom. The first-order valence-corrected chi connectivity index (χ1v) is 6.87. The Kier molecular flexibility index (Phi) is 5.58. The zero-order valence-electron chi connectivity index (χ0n) is 12.2. The summed E-state index contributed by atoms with van der Waals surface area (Å²) in [6, 6.07) is 0. The Morgan fingerprint density at radius 3 is 2.32 bits per heavy atom. The molecule has 19 heavy (non-hydrogen) atoms. The summed E-state index contributed by atoms with van der Waals surface area (Å²) >= 11 is 0. The van der Waals surface area contributed by atoms with E-state index in [1.807, 2.05) is 13.8 Å². The van der Waals surface area contributed by atoms with Gasteiger partial charge >= 0.3 is 11.9 Å². The largest absolute Gasteiger partial charge is 0.457 e. The highest BCUT2D eigenvalue weighted by molar-refractivity contribution is 5.88. The summed E-state index contributed by atoms with van der Waals surface area (Å²) in [7, 11) is 0. The number of carbonyl (C=O) groups excluding carboxylic acids is 2. The highest BCUT2D eigenvalue weighted by atomic mass is 16.6. The second-order valence-electron chi connectivity index (χ2n) is 5.77. The van der Waals surface area contributed by atoms with Crippen LogP contribution in [0.15, 0.2) is 12.2 Å². The van der Waals surface area contributed by atoms with Crippen LogP contribution in [0.3, 0.4) is 0 Å². The lowest BCUT2D eigenvalue weighted by Gasteiger charge is -2.36. The molecule has 1 aliphatic carbocycles. The van der Waals surface area contributed by atoms with Crippen molar-refractivity contribution in [2.45, 2.75) is 58.5 Å². The molecule has 0 heterocycles. The third kappa shape index (κ3) is 5.05. The van der Waals surface area contributed by atoms with Gasteiger partial charge < -0.3 is 9.47 Å². The van der Waals surface area contributed by atoms with Crippen LogP contribution >= 0.6 is 0 Å². The van der Waals surface area contributed by atoms with E-state index in [1.165, 1.54) is 19.3 Å². The molecule has 0 aromatic heterocycles. The predicted octanol–water partition coefficient (Wildman–Crippen LogP) is 3.01. The van der Waals surface area contributed by atoms with Crippen LogP contribution in [-0.4, -0.2) is 24.1 Å². The van der Waals surface area contributed by atoms with E-state index in [0.29, 0.717) is 5.92 Å². The summed E-state index contributed by atoms with van der Waals surface area (Å²) in [5.74, 6) is -0.667. The van der Waals surface area contributed by atoms with Crippen molar-refractivity contribution in [2.75, 3.05) is 6.61 Å². The highest BCUT2D eigenvalue weighted by Crippen LogP contribution is 2.34. The van der Waals surface area contributed by atoms with Gasteiger partial charge in [-0.3, -0.25) is 0 Å². The molecule has 0 atom stereocenters. The van der Waals surface area contributed by atoms with Crippen LogP contribution < -0.4 is 0 Å². The van der Waals surface area contributed by atoms with Gasteiger partial charge in [-0.05, 0) is 39.5 Å². The minimum absolute atomic E-state index is 0.277. The number of hydrogen-bond acceptors (Lipinski definition) is 4. The van der Waals surface area contributed by atoms with E-state index >= 15 is 0 Å². The summed E-state index contributed by atoms with van der Waals surface area (Å²) in [5, 5.41) is 0. The van der Waals surface area contributed by atoms with Gasteiger partial charge in [-0.1, -0.05) is 25.8 Å². The van der Waals surface area contributed by atoms with Crippen molar-refractivity contribution in [3.63, 3.8) is 0 Å². The lowest BCUT2D eigenvalue weighted by Crippen LogP contribution is -2.39. The van der Waals surface area contributed by atoms with Crippen LogP contribution in [0.25, 0.3) is 0 Å².